The summed E-state index contributed by atoms with van der Waals surface area (Å²) in [5, 5.41) is 3.37. The predicted octanol–water partition coefficient (Wildman–Crippen LogP) is 3.76. The number of nitrogens with zero attached hydrogens (tertiary/aromatic N) is 1. The zero-order valence-electron chi connectivity index (χ0n) is 9.07. The Morgan fingerprint density at radius 3 is 2.88 bits per heavy atom. The van der Waals surface area contributed by atoms with Gasteiger partial charge in [-0.05, 0) is 36.8 Å². The van der Waals surface area contributed by atoms with Crippen LogP contribution in [0.1, 0.15) is 11.3 Å². The molecule has 1 aromatic heterocycles. The van der Waals surface area contributed by atoms with Gasteiger partial charge in [-0.1, -0.05) is 28.1 Å². The van der Waals surface area contributed by atoms with Crippen LogP contribution in [0.3, 0.4) is 0 Å². The molecule has 0 saturated heterocycles. The van der Waals surface area contributed by atoms with Crippen LogP contribution in [-0.2, 0) is 6.54 Å². The second kappa shape index (κ2) is 5.12. The summed E-state index contributed by atoms with van der Waals surface area (Å²) < 4.78 is 1.08. The van der Waals surface area contributed by atoms with Crippen molar-refractivity contribution in [1.29, 1.82) is 0 Å². The quantitative estimate of drug-likeness (QED) is 0.923. The van der Waals surface area contributed by atoms with Crippen molar-refractivity contribution < 1.29 is 0 Å². The van der Waals surface area contributed by atoms with E-state index in [1.807, 2.05) is 31.3 Å². The molecule has 0 saturated carbocycles. The maximum atomic E-state index is 4.26. The number of halogens is 1. The standard InChI is InChI=1S/C13H13BrN2/c1-10-11(4-3-7-15-10)9-16-13-6-2-5-12(14)8-13/h2-8,16H,9H2,1H3. The van der Waals surface area contributed by atoms with Crippen LogP contribution < -0.4 is 5.32 Å². The first-order valence-electron chi connectivity index (χ1n) is 5.15. The van der Waals surface area contributed by atoms with Crippen molar-refractivity contribution in [3.05, 3.63) is 58.3 Å². The molecule has 0 atom stereocenters. The van der Waals surface area contributed by atoms with Crippen molar-refractivity contribution in [2.75, 3.05) is 5.32 Å². The molecular weight excluding hydrogens is 264 g/mol. The summed E-state index contributed by atoms with van der Waals surface area (Å²) in [4.78, 5) is 4.26. The van der Waals surface area contributed by atoms with Crippen LogP contribution in [0.15, 0.2) is 47.1 Å². The molecule has 1 N–H and O–H groups in total. The molecule has 1 heterocycles. The highest BCUT2D eigenvalue weighted by Crippen LogP contribution is 2.16. The van der Waals surface area contributed by atoms with Crippen LogP contribution in [0.25, 0.3) is 0 Å². The fourth-order valence-electron chi connectivity index (χ4n) is 1.50. The number of hydrogen-bond donors (Lipinski definition) is 1. The molecule has 0 aliphatic carbocycles. The van der Waals surface area contributed by atoms with E-state index >= 15 is 0 Å². The summed E-state index contributed by atoms with van der Waals surface area (Å²) in [6, 6.07) is 12.2. The molecule has 0 radical (unpaired) electrons. The second-order valence-electron chi connectivity index (χ2n) is 3.61. The fraction of sp³-hybridized carbons (Fsp3) is 0.154. The number of pyridine rings is 1. The molecule has 0 aliphatic rings. The third kappa shape index (κ3) is 2.83. The summed E-state index contributed by atoms with van der Waals surface area (Å²) in [6.45, 7) is 2.83. The van der Waals surface area contributed by atoms with Gasteiger partial charge in [0.2, 0.25) is 0 Å². The van der Waals surface area contributed by atoms with E-state index in [1.165, 1.54) is 5.56 Å². The minimum Gasteiger partial charge on any atom is -0.381 e. The number of nitrogens with one attached hydrogen (secondary N) is 1. The van der Waals surface area contributed by atoms with Crippen molar-refractivity contribution in [3.8, 4) is 0 Å². The Labute approximate surface area is 104 Å². The highest BCUT2D eigenvalue weighted by Gasteiger charge is 1.98. The molecule has 2 aromatic rings. The van der Waals surface area contributed by atoms with E-state index in [4.69, 9.17) is 0 Å². The van der Waals surface area contributed by atoms with Crippen LogP contribution in [0.2, 0.25) is 0 Å². The Kier molecular flexibility index (Phi) is 3.57. The minimum atomic E-state index is 0.802. The Bertz CT molecular complexity index is 483. The molecule has 0 aliphatic heterocycles. The van der Waals surface area contributed by atoms with Gasteiger partial charge in [-0.3, -0.25) is 4.98 Å². The lowest BCUT2D eigenvalue weighted by atomic mass is 10.2. The minimum absolute atomic E-state index is 0.802. The first-order chi connectivity index (χ1) is 7.75. The van der Waals surface area contributed by atoms with Crippen molar-refractivity contribution >= 4 is 21.6 Å². The number of aromatic nitrogens is 1. The number of hydrogen-bond acceptors (Lipinski definition) is 2. The van der Waals surface area contributed by atoms with E-state index in [9.17, 15) is 0 Å². The Balaban J connectivity index is 2.05. The third-order valence-electron chi connectivity index (χ3n) is 2.42. The number of anilines is 1. The van der Waals surface area contributed by atoms with Gasteiger partial charge in [0.25, 0.3) is 0 Å². The van der Waals surface area contributed by atoms with Crippen LogP contribution >= 0.6 is 15.9 Å². The van der Waals surface area contributed by atoms with Gasteiger partial charge in [0, 0.05) is 28.6 Å². The first-order valence-corrected chi connectivity index (χ1v) is 5.95. The molecule has 0 unspecified atom stereocenters. The van der Waals surface area contributed by atoms with Crippen molar-refractivity contribution in [3.63, 3.8) is 0 Å². The van der Waals surface area contributed by atoms with Gasteiger partial charge in [-0.2, -0.15) is 0 Å². The third-order valence-corrected chi connectivity index (χ3v) is 2.92. The van der Waals surface area contributed by atoms with Gasteiger partial charge in [0.05, 0.1) is 0 Å². The molecule has 0 bridgehead atoms. The van der Waals surface area contributed by atoms with Crippen molar-refractivity contribution in [2.24, 2.45) is 0 Å². The largest absolute Gasteiger partial charge is 0.381 e. The molecule has 2 rings (SSSR count). The summed E-state index contributed by atoms with van der Waals surface area (Å²) >= 11 is 3.45. The zero-order chi connectivity index (χ0) is 11.4. The fourth-order valence-corrected chi connectivity index (χ4v) is 1.90. The summed E-state index contributed by atoms with van der Waals surface area (Å²) in [5.74, 6) is 0. The topological polar surface area (TPSA) is 24.9 Å². The van der Waals surface area contributed by atoms with Gasteiger partial charge in [-0.25, -0.2) is 0 Å². The van der Waals surface area contributed by atoms with Gasteiger partial charge in [0.1, 0.15) is 0 Å². The van der Waals surface area contributed by atoms with Crippen molar-refractivity contribution in [2.45, 2.75) is 13.5 Å². The van der Waals surface area contributed by atoms with E-state index in [2.05, 4.69) is 44.4 Å². The summed E-state index contributed by atoms with van der Waals surface area (Å²) in [6.07, 6.45) is 1.82. The smallest absolute Gasteiger partial charge is 0.0422 e. The maximum absolute atomic E-state index is 4.26. The number of aryl methyl sites for hydroxylation is 1. The van der Waals surface area contributed by atoms with E-state index in [1.54, 1.807) is 0 Å². The van der Waals surface area contributed by atoms with E-state index in [-0.39, 0.29) is 0 Å². The zero-order valence-corrected chi connectivity index (χ0v) is 10.7. The normalized spacial score (nSPS) is 10.1. The Morgan fingerprint density at radius 2 is 2.12 bits per heavy atom. The lowest BCUT2D eigenvalue weighted by molar-refractivity contribution is 1.06. The molecule has 0 spiro atoms. The molecule has 2 nitrogen and oxygen atoms in total. The number of rotatable bonds is 3. The number of benzene rings is 1. The molecule has 0 amide bonds. The first kappa shape index (κ1) is 11.1. The molecule has 16 heavy (non-hydrogen) atoms. The average molecular weight is 277 g/mol. The summed E-state index contributed by atoms with van der Waals surface area (Å²) in [5.41, 5.74) is 3.41. The molecule has 1 aromatic carbocycles. The van der Waals surface area contributed by atoms with Crippen LogP contribution in [0, 0.1) is 6.92 Å². The predicted molar refractivity (Wildman–Crippen MR) is 70.4 cm³/mol. The van der Waals surface area contributed by atoms with E-state index in [0.717, 1.165) is 22.4 Å². The molecular formula is C13H13BrN2. The van der Waals surface area contributed by atoms with Gasteiger partial charge >= 0.3 is 0 Å². The van der Waals surface area contributed by atoms with Gasteiger partial charge < -0.3 is 5.32 Å². The lowest BCUT2D eigenvalue weighted by Gasteiger charge is -2.08. The highest BCUT2D eigenvalue weighted by atomic mass is 79.9. The van der Waals surface area contributed by atoms with E-state index < -0.39 is 0 Å². The van der Waals surface area contributed by atoms with Gasteiger partial charge in [-0.15, -0.1) is 0 Å². The van der Waals surface area contributed by atoms with Crippen LogP contribution in [0.5, 0.6) is 0 Å². The molecule has 0 fully saturated rings. The maximum Gasteiger partial charge on any atom is 0.0422 e. The molecule has 82 valence electrons. The van der Waals surface area contributed by atoms with Crippen molar-refractivity contribution in [1.82, 2.24) is 4.98 Å². The average Bonchev–Trinajstić information content (AvgIpc) is 2.28. The lowest BCUT2D eigenvalue weighted by Crippen LogP contribution is -2.01. The molecule has 3 heteroatoms. The highest BCUT2D eigenvalue weighted by molar-refractivity contribution is 9.10. The van der Waals surface area contributed by atoms with Gasteiger partial charge in [0.15, 0.2) is 0 Å². The second-order valence-corrected chi connectivity index (χ2v) is 4.53. The monoisotopic (exact) mass is 276 g/mol. The van der Waals surface area contributed by atoms with E-state index in [0.29, 0.717) is 0 Å². The van der Waals surface area contributed by atoms with Crippen LogP contribution in [0.4, 0.5) is 5.69 Å². The Morgan fingerprint density at radius 1 is 1.25 bits per heavy atom. The van der Waals surface area contributed by atoms with Crippen LogP contribution in [-0.4, -0.2) is 4.98 Å². The SMILES string of the molecule is Cc1ncccc1CNc1cccc(Br)c1. The Hall–Kier alpha value is -1.35. The summed E-state index contributed by atoms with van der Waals surface area (Å²) in [7, 11) is 0.